The first-order valence-electron chi connectivity index (χ1n) is 10.6. The van der Waals surface area contributed by atoms with Crippen molar-refractivity contribution in [3.63, 3.8) is 0 Å². The summed E-state index contributed by atoms with van der Waals surface area (Å²) in [5.74, 6) is 1.37. The zero-order valence-corrected chi connectivity index (χ0v) is 19.2. The summed E-state index contributed by atoms with van der Waals surface area (Å²) in [5, 5.41) is -0.0392. The number of hydrogen-bond donors (Lipinski definition) is 1. The summed E-state index contributed by atoms with van der Waals surface area (Å²) in [7, 11) is 0. The second-order valence-electron chi connectivity index (χ2n) is 9.00. The Balaban J connectivity index is 1.40. The maximum absolute atomic E-state index is 12.9. The molecule has 1 aliphatic carbocycles. The number of carbonyl (C=O) groups excluding carboxylic acids is 2. The van der Waals surface area contributed by atoms with Gasteiger partial charge in [0.2, 0.25) is 16.5 Å². The first kappa shape index (κ1) is 21.9. The van der Waals surface area contributed by atoms with Crippen molar-refractivity contribution in [2.75, 3.05) is 11.5 Å². The second kappa shape index (κ2) is 9.04. The first-order chi connectivity index (χ1) is 14.3. The van der Waals surface area contributed by atoms with E-state index >= 15 is 0 Å². The Morgan fingerprint density at radius 1 is 1.40 bits per heavy atom. The molecule has 4 rings (SSSR count). The SMILES string of the molecule is CC(C)C[C@@H]1CC[C@@H](C)C[C@H]1OC(=O)[C@H]1O[C@H](C2C(=O)Sc3cnc(N)nc32)CS1. The third-order valence-electron chi connectivity index (χ3n) is 6.07. The maximum atomic E-state index is 12.9. The van der Waals surface area contributed by atoms with Crippen molar-refractivity contribution in [2.45, 2.75) is 74.9 Å². The van der Waals surface area contributed by atoms with E-state index in [2.05, 4.69) is 30.7 Å². The van der Waals surface area contributed by atoms with Crippen LogP contribution < -0.4 is 5.73 Å². The van der Waals surface area contributed by atoms with Crippen LogP contribution in [0.3, 0.4) is 0 Å². The molecular formula is C21H29N3O4S2. The minimum atomic E-state index is -0.701. The van der Waals surface area contributed by atoms with Crippen LogP contribution in [0, 0.1) is 17.8 Å². The highest BCUT2D eigenvalue weighted by Crippen LogP contribution is 2.46. The lowest BCUT2D eigenvalue weighted by Gasteiger charge is -2.35. The Morgan fingerprint density at radius 2 is 2.20 bits per heavy atom. The van der Waals surface area contributed by atoms with E-state index in [1.165, 1.54) is 18.2 Å². The Kier molecular flexibility index (Phi) is 6.60. The molecule has 7 nitrogen and oxygen atoms in total. The smallest absolute Gasteiger partial charge is 0.346 e. The summed E-state index contributed by atoms with van der Waals surface area (Å²) >= 11 is 2.51. The molecule has 0 amide bonds. The number of esters is 1. The van der Waals surface area contributed by atoms with Crippen molar-refractivity contribution in [1.82, 2.24) is 9.97 Å². The van der Waals surface area contributed by atoms with Crippen molar-refractivity contribution in [1.29, 1.82) is 0 Å². The third-order valence-corrected chi connectivity index (χ3v) is 8.18. The molecule has 1 saturated heterocycles. The molecule has 1 aromatic rings. The lowest BCUT2D eigenvalue weighted by molar-refractivity contribution is -0.164. The second-order valence-corrected chi connectivity index (χ2v) is 11.1. The Morgan fingerprint density at radius 3 is 2.97 bits per heavy atom. The van der Waals surface area contributed by atoms with Crippen LogP contribution in [-0.2, 0) is 19.1 Å². The molecule has 0 spiro atoms. The van der Waals surface area contributed by atoms with Crippen molar-refractivity contribution in [3.05, 3.63) is 11.9 Å². The average molecular weight is 452 g/mol. The lowest BCUT2D eigenvalue weighted by atomic mass is 9.77. The molecule has 30 heavy (non-hydrogen) atoms. The van der Waals surface area contributed by atoms with Gasteiger partial charge < -0.3 is 15.2 Å². The number of thioether (sulfide) groups is 2. The van der Waals surface area contributed by atoms with Crippen molar-refractivity contribution < 1.29 is 19.1 Å². The summed E-state index contributed by atoms with van der Waals surface area (Å²) in [6.07, 6.45) is 5.37. The van der Waals surface area contributed by atoms with E-state index in [1.54, 1.807) is 6.20 Å². The molecule has 1 unspecified atom stereocenters. The summed E-state index contributed by atoms with van der Waals surface area (Å²) in [6.45, 7) is 6.64. The van der Waals surface area contributed by atoms with Gasteiger partial charge >= 0.3 is 5.97 Å². The summed E-state index contributed by atoms with van der Waals surface area (Å²) in [4.78, 5) is 34.4. The number of anilines is 1. The highest BCUT2D eigenvalue weighted by molar-refractivity contribution is 8.14. The minimum Gasteiger partial charge on any atom is -0.460 e. The van der Waals surface area contributed by atoms with Gasteiger partial charge in [0.15, 0.2) is 0 Å². The number of nitrogen functional groups attached to an aromatic ring is 1. The van der Waals surface area contributed by atoms with E-state index in [4.69, 9.17) is 15.2 Å². The van der Waals surface area contributed by atoms with Crippen LogP contribution in [0.25, 0.3) is 0 Å². The fraction of sp³-hybridized carbons (Fsp3) is 0.714. The molecule has 9 heteroatoms. The van der Waals surface area contributed by atoms with Crippen LogP contribution >= 0.6 is 23.5 Å². The standard InChI is InChI=1S/C21H29N3O4S2/c1-10(2)6-12-5-4-11(3)7-13(12)27-18(25)20-28-14(9-29-20)16-17-15(30-19(16)26)8-23-21(22)24-17/h8,10-14,16,20H,4-7,9H2,1-3H3,(H2,22,23,24)/t11-,12+,13-,14+,16?,20+/m1/s1. The van der Waals surface area contributed by atoms with Crippen molar-refractivity contribution >= 4 is 40.6 Å². The van der Waals surface area contributed by atoms with Gasteiger partial charge in [-0.3, -0.25) is 4.79 Å². The van der Waals surface area contributed by atoms with Crippen LogP contribution in [0.5, 0.6) is 0 Å². The van der Waals surface area contributed by atoms with Crippen LogP contribution in [0.4, 0.5) is 5.95 Å². The van der Waals surface area contributed by atoms with Gasteiger partial charge in [0.25, 0.3) is 0 Å². The largest absolute Gasteiger partial charge is 0.460 e. The van der Waals surface area contributed by atoms with Crippen molar-refractivity contribution in [3.8, 4) is 0 Å². The molecule has 2 fully saturated rings. The number of rotatable bonds is 5. The molecule has 164 valence electrons. The van der Waals surface area contributed by atoms with Gasteiger partial charge in [0.1, 0.15) is 6.10 Å². The fourth-order valence-corrected chi connectivity index (χ4v) is 6.68. The molecule has 2 aliphatic heterocycles. The van der Waals surface area contributed by atoms with Crippen LogP contribution in [0.1, 0.15) is 58.1 Å². The summed E-state index contributed by atoms with van der Waals surface area (Å²) in [5.41, 5.74) is 5.62. The van der Waals surface area contributed by atoms with E-state index in [1.807, 2.05) is 0 Å². The first-order valence-corrected chi connectivity index (χ1v) is 12.5. The molecule has 3 aliphatic rings. The number of aromatic nitrogens is 2. The van der Waals surface area contributed by atoms with Gasteiger partial charge in [-0.1, -0.05) is 27.2 Å². The highest BCUT2D eigenvalue weighted by atomic mass is 32.2. The number of nitrogens with zero attached hydrogens (tertiary/aromatic N) is 2. The van der Waals surface area contributed by atoms with E-state index in [0.717, 1.165) is 31.0 Å². The van der Waals surface area contributed by atoms with Crippen LogP contribution in [0.2, 0.25) is 0 Å². The number of fused-ring (bicyclic) bond motifs is 1. The molecule has 3 heterocycles. The van der Waals surface area contributed by atoms with Gasteiger partial charge in [-0.2, -0.15) is 0 Å². The monoisotopic (exact) mass is 451 g/mol. The third kappa shape index (κ3) is 4.62. The summed E-state index contributed by atoms with van der Waals surface area (Å²) < 4.78 is 12.0. The Labute approximate surface area is 185 Å². The van der Waals surface area contributed by atoms with E-state index in [0.29, 0.717) is 34.1 Å². The molecule has 0 aromatic carbocycles. The molecule has 2 N–H and O–H groups in total. The fourth-order valence-electron chi connectivity index (χ4n) is 4.64. The zero-order chi connectivity index (χ0) is 21.4. The van der Waals surface area contributed by atoms with E-state index in [-0.39, 0.29) is 23.1 Å². The minimum absolute atomic E-state index is 0.0392. The molecule has 0 radical (unpaired) electrons. The van der Waals surface area contributed by atoms with Gasteiger partial charge in [0, 0.05) is 11.9 Å². The van der Waals surface area contributed by atoms with Gasteiger partial charge in [-0.05, 0) is 48.8 Å². The Hall–Kier alpha value is -1.32. The zero-order valence-electron chi connectivity index (χ0n) is 17.6. The number of nitrogens with two attached hydrogens (primary N) is 1. The summed E-state index contributed by atoms with van der Waals surface area (Å²) in [6, 6.07) is 0. The normalized spacial score (nSPS) is 33.7. The number of carbonyl (C=O) groups is 2. The molecule has 1 aromatic heterocycles. The average Bonchev–Trinajstić information content (AvgIpc) is 3.27. The van der Waals surface area contributed by atoms with Gasteiger partial charge in [-0.25, -0.2) is 14.8 Å². The van der Waals surface area contributed by atoms with Crippen LogP contribution in [-0.4, -0.2) is 44.4 Å². The lowest BCUT2D eigenvalue weighted by Crippen LogP contribution is -2.37. The van der Waals surface area contributed by atoms with E-state index in [9.17, 15) is 9.59 Å². The number of ether oxygens (including phenoxy) is 2. The predicted octanol–water partition coefficient (Wildman–Crippen LogP) is 3.63. The van der Waals surface area contributed by atoms with Crippen molar-refractivity contribution in [2.24, 2.45) is 17.8 Å². The Bertz CT molecular complexity index is 821. The number of hydrogen-bond acceptors (Lipinski definition) is 9. The molecular weight excluding hydrogens is 422 g/mol. The molecule has 0 bridgehead atoms. The van der Waals surface area contributed by atoms with Gasteiger partial charge in [-0.15, -0.1) is 11.8 Å². The van der Waals surface area contributed by atoms with Crippen LogP contribution in [0.15, 0.2) is 11.1 Å². The molecule has 6 atom stereocenters. The van der Waals surface area contributed by atoms with E-state index < -0.39 is 17.5 Å². The highest BCUT2D eigenvalue weighted by Gasteiger charge is 2.46. The predicted molar refractivity (Wildman–Crippen MR) is 117 cm³/mol. The quantitative estimate of drug-likeness (QED) is 0.672. The van der Waals surface area contributed by atoms with Gasteiger partial charge in [0.05, 0.1) is 22.6 Å². The molecule has 1 saturated carbocycles. The topological polar surface area (TPSA) is 104 Å². The maximum Gasteiger partial charge on any atom is 0.346 e.